The molecule has 2 aliphatic heterocycles. The van der Waals surface area contributed by atoms with Crippen molar-refractivity contribution >= 4 is 17.8 Å². The molecule has 138 valence electrons. The van der Waals surface area contributed by atoms with Crippen LogP contribution in [0, 0.1) is 0 Å². The highest BCUT2D eigenvalue weighted by Crippen LogP contribution is 2.30. The SMILES string of the molecule is C[C@@H](c1ccccc1)N1C(=O)[C@H]2CN(C(=O)c3cccnc3)CCN2C1=O. The molecule has 0 saturated carbocycles. The molecule has 2 atom stereocenters. The molecule has 0 spiro atoms. The van der Waals surface area contributed by atoms with Crippen molar-refractivity contribution in [1.82, 2.24) is 19.7 Å². The standard InChI is InChI=1S/C20H20N4O3/c1-14(15-6-3-2-4-7-15)24-19(26)17-13-22(10-11-23(17)20(24)27)18(25)16-8-5-9-21-12-16/h2-9,12,14,17H,10-11,13H2,1H3/t14-,17+/m0/s1. The smallest absolute Gasteiger partial charge is 0.328 e. The predicted octanol–water partition coefficient (Wildman–Crippen LogP) is 1.93. The third-order valence-corrected chi connectivity index (χ3v) is 5.22. The van der Waals surface area contributed by atoms with Crippen molar-refractivity contribution in [2.45, 2.75) is 19.0 Å². The Morgan fingerprint density at radius 2 is 1.89 bits per heavy atom. The molecule has 0 aliphatic carbocycles. The highest BCUT2D eigenvalue weighted by molar-refractivity contribution is 6.05. The summed E-state index contributed by atoms with van der Waals surface area (Å²) in [5.74, 6) is -0.419. The van der Waals surface area contributed by atoms with E-state index < -0.39 is 6.04 Å². The number of aromatic nitrogens is 1. The van der Waals surface area contributed by atoms with Crippen LogP contribution in [-0.4, -0.2) is 63.2 Å². The van der Waals surface area contributed by atoms with Crippen LogP contribution in [0.2, 0.25) is 0 Å². The summed E-state index contributed by atoms with van der Waals surface area (Å²) in [4.78, 5) is 47.0. The lowest BCUT2D eigenvalue weighted by atomic mass is 10.1. The Morgan fingerprint density at radius 1 is 1.11 bits per heavy atom. The molecule has 1 aromatic heterocycles. The summed E-state index contributed by atoms with van der Waals surface area (Å²) in [6, 6.07) is 11.6. The number of hydrogen-bond acceptors (Lipinski definition) is 4. The van der Waals surface area contributed by atoms with Gasteiger partial charge in [-0.25, -0.2) is 4.79 Å². The van der Waals surface area contributed by atoms with Gasteiger partial charge < -0.3 is 9.80 Å². The summed E-state index contributed by atoms with van der Waals surface area (Å²) in [7, 11) is 0. The van der Waals surface area contributed by atoms with Crippen LogP contribution in [-0.2, 0) is 4.79 Å². The highest BCUT2D eigenvalue weighted by Gasteiger charge is 2.50. The van der Waals surface area contributed by atoms with Gasteiger partial charge in [-0.15, -0.1) is 0 Å². The molecular formula is C20H20N4O3. The number of benzene rings is 1. The first-order valence-corrected chi connectivity index (χ1v) is 8.96. The first-order chi connectivity index (χ1) is 13.1. The lowest BCUT2D eigenvalue weighted by Crippen LogP contribution is -2.54. The molecule has 4 rings (SSSR count). The van der Waals surface area contributed by atoms with Crippen LogP contribution in [0.25, 0.3) is 0 Å². The van der Waals surface area contributed by atoms with Crippen molar-refractivity contribution in [2.75, 3.05) is 19.6 Å². The van der Waals surface area contributed by atoms with Gasteiger partial charge in [-0.05, 0) is 24.6 Å². The van der Waals surface area contributed by atoms with Crippen molar-refractivity contribution < 1.29 is 14.4 Å². The summed E-state index contributed by atoms with van der Waals surface area (Å²) in [6.45, 7) is 2.80. The Labute approximate surface area is 157 Å². The van der Waals surface area contributed by atoms with Crippen LogP contribution in [0.1, 0.15) is 28.9 Å². The van der Waals surface area contributed by atoms with Crippen molar-refractivity contribution in [3.63, 3.8) is 0 Å². The molecule has 0 bridgehead atoms. The second-order valence-electron chi connectivity index (χ2n) is 6.78. The summed E-state index contributed by atoms with van der Waals surface area (Å²) >= 11 is 0. The lowest BCUT2D eigenvalue weighted by molar-refractivity contribution is -0.130. The molecule has 0 N–H and O–H groups in total. The van der Waals surface area contributed by atoms with E-state index in [0.29, 0.717) is 18.7 Å². The maximum Gasteiger partial charge on any atom is 0.328 e. The molecule has 2 aromatic rings. The van der Waals surface area contributed by atoms with E-state index in [2.05, 4.69) is 4.98 Å². The zero-order chi connectivity index (χ0) is 19.0. The molecular weight excluding hydrogens is 344 g/mol. The van der Waals surface area contributed by atoms with Crippen molar-refractivity contribution in [3.8, 4) is 0 Å². The Balaban J connectivity index is 1.54. The van der Waals surface area contributed by atoms with Gasteiger partial charge in [0.1, 0.15) is 6.04 Å². The first kappa shape index (κ1) is 17.2. The minimum absolute atomic E-state index is 0.169. The first-order valence-electron chi connectivity index (χ1n) is 8.96. The van der Waals surface area contributed by atoms with Gasteiger partial charge in [-0.3, -0.25) is 19.5 Å². The molecule has 2 aliphatic rings. The van der Waals surface area contributed by atoms with E-state index in [1.807, 2.05) is 37.3 Å². The topological polar surface area (TPSA) is 73.8 Å². The van der Waals surface area contributed by atoms with E-state index in [9.17, 15) is 14.4 Å². The predicted molar refractivity (Wildman–Crippen MR) is 97.7 cm³/mol. The lowest BCUT2D eigenvalue weighted by Gasteiger charge is -2.35. The highest BCUT2D eigenvalue weighted by atomic mass is 16.2. The number of carbonyl (C=O) groups excluding carboxylic acids is 3. The van der Waals surface area contributed by atoms with Crippen molar-refractivity contribution in [2.24, 2.45) is 0 Å². The Bertz CT molecular complexity index is 871. The normalized spacial score (nSPS) is 20.6. The fraction of sp³-hybridized carbons (Fsp3) is 0.300. The third kappa shape index (κ3) is 2.95. The van der Waals surface area contributed by atoms with Gasteiger partial charge in [-0.2, -0.15) is 0 Å². The molecule has 7 nitrogen and oxygen atoms in total. The number of urea groups is 1. The molecule has 0 unspecified atom stereocenters. The Morgan fingerprint density at radius 3 is 2.59 bits per heavy atom. The molecule has 2 saturated heterocycles. The molecule has 4 amide bonds. The van der Waals surface area contributed by atoms with Crippen LogP contribution < -0.4 is 0 Å². The van der Waals surface area contributed by atoms with E-state index in [1.165, 1.54) is 11.1 Å². The Hall–Kier alpha value is -3.22. The monoisotopic (exact) mass is 364 g/mol. The molecule has 3 heterocycles. The summed E-state index contributed by atoms with van der Waals surface area (Å²) in [6.07, 6.45) is 3.12. The number of fused-ring (bicyclic) bond motifs is 1. The number of piperazine rings is 1. The summed E-state index contributed by atoms with van der Waals surface area (Å²) in [5, 5.41) is 0. The fourth-order valence-corrected chi connectivity index (χ4v) is 3.71. The van der Waals surface area contributed by atoms with E-state index in [1.54, 1.807) is 28.1 Å². The minimum Gasteiger partial charge on any atom is -0.334 e. The Kier molecular flexibility index (Phi) is 4.35. The summed E-state index contributed by atoms with van der Waals surface area (Å²) < 4.78 is 0. The van der Waals surface area contributed by atoms with Gasteiger partial charge >= 0.3 is 6.03 Å². The van der Waals surface area contributed by atoms with Crippen LogP contribution in [0.4, 0.5) is 4.79 Å². The zero-order valence-corrected chi connectivity index (χ0v) is 15.0. The maximum absolute atomic E-state index is 13.0. The van der Waals surface area contributed by atoms with Crippen LogP contribution in [0.15, 0.2) is 54.9 Å². The van der Waals surface area contributed by atoms with Crippen molar-refractivity contribution in [3.05, 3.63) is 66.0 Å². The van der Waals surface area contributed by atoms with Crippen molar-refractivity contribution in [1.29, 1.82) is 0 Å². The fourth-order valence-electron chi connectivity index (χ4n) is 3.71. The number of carbonyl (C=O) groups is 3. The average Bonchev–Trinajstić information content (AvgIpc) is 2.98. The number of pyridine rings is 1. The maximum atomic E-state index is 13.0. The van der Waals surface area contributed by atoms with Crippen LogP contribution in [0.5, 0.6) is 0 Å². The number of rotatable bonds is 3. The van der Waals surface area contributed by atoms with Gasteiger partial charge in [0.25, 0.3) is 11.8 Å². The van der Waals surface area contributed by atoms with Gasteiger partial charge in [-0.1, -0.05) is 30.3 Å². The molecule has 1 aromatic carbocycles. The van der Waals surface area contributed by atoms with Gasteiger partial charge in [0.15, 0.2) is 0 Å². The van der Waals surface area contributed by atoms with E-state index >= 15 is 0 Å². The van der Waals surface area contributed by atoms with Crippen LogP contribution in [0.3, 0.4) is 0 Å². The number of imide groups is 1. The molecule has 2 fully saturated rings. The minimum atomic E-state index is -0.627. The quantitative estimate of drug-likeness (QED) is 0.780. The number of hydrogen-bond donors (Lipinski definition) is 0. The number of amides is 4. The van der Waals surface area contributed by atoms with E-state index in [0.717, 1.165) is 5.56 Å². The second kappa shape index (κ2) is 6.83. The molecule has 7 heteroatoms. The van der Waals surface area contributed by atoms with Gasteiger partial charge in [0, 0.05) is 25.5 Å². The summed E-state index contributed by atoms with van der Waals surface area (Å²) in [5.41, 5.74) is 1.39. The third-order valence-electron chi connectivity index (χ3n) is 5.22. The largest absolute Gasteiger partial charge is 0.334 e. The molecule has 27 heavy (non-hydrogen) atoms. The van der Waals surface area contributed by atoms with Gasteiger partial charge in [0.05, 0.1) is 18.2 Å². The molecule has 0 radical (unpaired) electrons. The second-order valence-corrected chi connectivity index (χ2v) is 6.78. The zero-order valence-electron chi connectivity index (χ0n) is 15.0. The van der Waals surface area contributed by atoms with Gasteiger partial charge in [0.2, 0.25) is 0 Å². The van der Waals surface area contributed by atoms with E-state index in [-0.39, 0.29) is 30.4 Å². The average molecular weight is 364 g/mol. The number of nitrogens with zero attached hydrogens (tertiary/aromatic N) is 4. The van der Waals surface area contributed by atoms with Crippen LogP contribution >= 0.6 is 0 Å². The van der Waals surface area contributed by atoms with E-state index in [4.69, 9.17) is 0 Å².